The number of aliphatic imine (C=N–C) groups is 1. The third-order valence-corrected chi connectivity index (χ3v) is 3.94. The van der Waals surface area contributed by atoms with Crippen LogP contribution in [0.1, 0.15) is 79.6 Å². The molecule has 0 fully saturated rings. The second-order valence-corrected chi connectivity index (χ2v) is 6.46. The molecule has 0 aromatic heterocycles. The molecule has 0 saturated heterocycles. The summed E-state index contributed by atoms with van der Waals surface area (Å²) in [7, 11) is 0. The maximum absolute atomic E-state index is 10.6. The van der Waals surface area contributed by atoms with Gasteiger partial charge in [0, 0.05) is 12.1 Å². The number of carbonyl (C=O) groups is 1. The van der Waals surface area contributed by atoms with Gasteiger partial charge in [0.2, 0.25) is 0 Å². The molecular weight excluding hydrogens is 270 g/mol. The molecule has 2 nitrogen and oxygen atoms in total. The zero-order valence-electron chi connectivity index (χ0n) is 15.3. The summed E-state index contributed by atoms with van der Waals surface area (Å²) in [5.74, 6) is 0.978. The fourth-order valence-corrected chi connectivity index (χ4v) is 2.56. The van der Waals surface area contributed by atoms with E-state index in [1.54, 1.807) is 0 Å². The van der Waals surface area contributed by atoms with Crippen molar-refractivity contribution in [2.24, 2.45) is 16.8 Å². The lowest BCUT2D eigenvalue weighted by Crippen LogP contribution is -1.99. The first kappa shape index (κ1) is 20.8. The minimum Gasteiger partial charge on any atom is -0.303 e. The minimum atomic E-state index is 0.222. The van der Waals surface area contributed by atoms with Crippen molar-refractivity contribution >= 4 is 12.5 Å². The van der Waals surface area contributed by atoms with Crippen molar-refractivity contribution in [1.29, 1.82) is 0 Å². The van der Waals surface area contributed by atoms with E-state index in [2.05, 4.69) is 37.9 Å². The Kier molecular flexibility index (Phi) is 12.8. The van der Waals surface area contributed by atoms with Crippen LogP contribution in [0, 0.1) is 11.8 Å². The van der Waals surface area contributed by atoms with Crippen molar-refractivity contribution in [2.45, 2.75) is 79.6 Å². The molecule has 0 aromatic carbocycles. The van der Waals surface area contributed by atoms with Crippen LogP contribution in [-0.4, -0.2) is 12.5 Å². The first-order valence-electron chi connectivity index (χ1n) is 8.84. The number of rotatable bonds is 12. The molecule has 0 bridgehead atoms. The largest absolute Gasteiger partial charge is 0.303 e. The highest BCUT2D eigenvalue weighted by atomic mass is 16.1. The minimum absolute atomic E-state index is 0.222. The van der Waals surface area contributed by atoms with Crippen LogP contribution in [0.25, 0.3) is 0 Å². The average Bonchev–Trinajstić information content (AvgIpc) is 2.47. The number of nitrogens with zero attached hydrogens (tertiary/aromatic N) is 1. The normalized spacial score (nSPS) is 16.0. The average molecular weight is 306 g/mol. The highest BCUT2D eigenvalue weighted by molar-refractivity contribution is 5.56. The fraction of sp³-hybridized carbons (Fsp3) is 0.700. The first-order valence-corrected chi connectivity index (χ1v) is 8.84. The van der Waals surface area contributed by atoms with E-state index in [0.717, 1.165) is 37.2 Å². The van der Waals surface area contributed by atoms with Crippen molar-refractivity contribution in [3.63, 3.8) is 0 Å². The molecule has 2 heteroatoms. The topological polar surface area (TPSA) is 29.4 Å². The monoisotopic (exact) mass is 305 g/mol. The number of hydrogen-bond donors (Lipinski definition) is 0. The van der Waals surface area contributed by atoms with E-state index in [0.29, 0.717) is 0 Å². The molecule has 0 amide bonds. The van der Waals surface area contributed by atoms with E-state index in [1.807, 2.05) is 20.1 Å². The highest BCUT2D eigenvalue weighted by Gasteiger charge is 2.05. The lowest BCUT2D eigenvalue weighted by molar-refractivity contribution is -0.110. The molecule has 2 atom stereocenters. The molecule has 0 saturated carbocycles. The number of allylic oxidation sites excluding steroid dienone is 3. The number of aldehydes is 1. The van der Waals surface area contributed by atoms with Gasteiger partial charge in [-0.3, -0.25) is 4.99 Å². The molecule has 0 aliphatic heterocycles. The van der Waals surface area contributed by atoms with Crippen LogP contribution in [0.15, 0.2) is 28.4 Å². The summed E-state index contributed by atoms with van der Waals surface area (Å²) in [6.45, 7) is 10.6. The van der Waals surface area contributed by atoms with Crippen LogP contribution >= 0.6 is 0 Å². The summed E-state index contributed by atoms with van der Waals surface area (Å²) >= 11 is 0. The third kappa shape index (κ3) is 11.5. The Morgan fingerprint density at radius 2 is 1.82 bits per heavy atom. The Morgan fingerprint density at radius 1 is 1.14 bits per heavy atom. The summed E-state index contributed by atoms with van der Waals surface area (Å²) in [6, 6.07) is 0. The molecule has 126 valence electrons. The Labute approximate surface area is 137 Å². The van der Waals surface area contributed by atoms with Gasteiger partial charge in [0.15, 0.2) is 0 Å². The van der Waals surface area contributed by atoms with Gasteiger partial charge in [-0.25, -0.2) is 0 Å². The Morgan fingerprint density at radius 3 is 2.41 bits per heavy atom. The van der Waals surface area contributed by atoms with E-state index in [4.69, 9.17) is 0 Å². The van der Waals surface area contributed by atoms with Gasteiger partial charge >= 0.3 is 0 Å². The zero-order chi connectivity index (χ0) is 16.8. The summed E-state index contributed by atoms with van der Waals surface area (Å²) in [6.07, 6.45) is 15.4. The molecule has 0 aromatic rings. The van der Waals surface area contributed by atoms with Crippen LogP contribution in [0.3, 0.4) is 0 Å². The van der Waals surface area contributed by atoms with Gasteiger partial charge in [-0.05, 0) is 51.5 Å². The predicted molar refractivity (Wildman–Crippen MR) is 98.4 cm³/mol. The van der Waals surface area contributed by atoms with E-state index in [-0.39, 0.29) is 5.92 Å². The SMILES string of the molecule is CC=NC(=C\CC)/C=C(\C)CCCC(C)CCCC(C)C=O. The van der Waals surface area contributed by atoms with Crippen LogP contribution in [0.2, 0.25) is 0 Å². The lowest BCUT2D eigenvalue weighted by Gasteiger charge is -2.12. The second kappa shape index (κ2) is 13.5. The molecule has 0 heterocycles. The van der Waals surface area contributed by atoms with Gasteiger partial charge in [0.1, 0.15) is 6.29 Å². The third-order valence-electron chi connectivity index (χ3n) is 3.94. The first-order chi connectivity index (χ1) is 10.5. The van der Waals surface area contributed by atoms with E-state index in [9.17, 15) is 4.79 Å². The Hall–Kier alpha value is -1.18. The molecule has 0 aliphatic carbocycles. The van der Waals surface area contributed by atoms with Gasteiger partial charge in [-0.1, -0.05) is 51.7 Å². The number of carbonyl (C=O) groups excluding carboxylic acids is 1. The summed E-state index contributed by atoms with van der Waals surface area (Å²) in [5.41, 5.74) is 2.49. The quantitative estimate of drug-likeness (QED) is 0.242. The van der Waals surface area contributed by atoms with Gasteiger partial charge in [0.25, 0.3) is 0 Å². The van der Waals surface area contributed by atoms with Gasteiger partial charge in [-0.15, -0.1) is 0 Å². The fourth-order valence-electron chi connectivity index (χ4n) is 2.56. The zero-order valence-corrected chi connectivity index (χ0v) is 15.3. The van der Waals surface area contributed by atoms with Gasteiger partial charge < -0.3 is 4.79 Å². The van der Waals surface area contributed by atoms with E-state index < -0.39 is 0 Å². The maximum Gasteiger partial charge on any atom is 0.122 e. The van der Waals surface area contributed by atoms with Crippen LogP contribution < -0.4 is 0 Å². The lowest BCUT2D eigenvalue weighted by atomic mass is 9.94. The van der Waals surface area contributed by atoms with Crippen molar-refractivity contribution in [3.8, 4) is 0 Å². The molecule has 0 radical (unpaired) electrons. The standard InChI is InChI=1S/C20H35NO/c1-6-10-20(21-7-2)15-18(4)13-8-11-17(3)12-9-14-19(5)16-22/h7,10,15-17,19H,6,8-9,11-14H2,1-5H3/b18-15+,20-10-,21-7?. The highest BCUT2D eigenvalue weighted by Crippen LogP contribution is 2.19. The van der Waals surface area contributed by atoms with Crippen molar-refractivity contribution < 1.29 is 4.79 Å². The Bertz CT molecular complexity index is 379. The summed E-state index contributed by atoms with van der Waals surface area (Å²) in [5, 5.41) is 0. The van der Waals surface area contributed by atoms with Gasteiger partial charge in [-0.2, -0.15) is 0 Å². The maximum atomic E-state index is 10.6. The molecule has 0 aliphatic rings. The van der Waals surface area contributed by atoms with E-state index >= 15 is 0 Å². The molecule has 2 unspecified atom stereocenters. The van der Waals surface area contributed by atoms with Gasteiger partial charge in [0.05, 0.1) is 5.70 Å². The van der Waals surface area contributed by atoms with Crippen LogP contribution in [0.4, 0.5) is 0 Å². The predicted octanol–water partition coefficient (Wildman–Crippen LogP) is 6.13. The van der Waals surface area contributed by atoms with E-state index in [1.165, 1.54) is 31.3 Å². The molecule has 0 spiro atoms. The smallest absolute Gasteiger partial charge is 0.122 e. The van der Waals surface area contributed by atoms with Crippen molar-refractivity contribution in [2.75, 3.05) is 0 Å². The van der Waals surface area contributed by atoms with Crippen molar-refractivity contribution in [3.05, 3.63) is 23.4 Å². The van der Waals surface area contributed by atoms with Crippen LogP contribution in [0.5, 0.6) is 0 Å². The molecule has 0 rings (SSSR count). The summed E-state index contributed by atoms with van der Waals surface area (Å²) < 4.78 is 0. The molecular formula is C20H35NO. The Balaban J connectivity index is 4.02. The number of hydrogen-bond acceptors (Lipinski definition) is 2. The van der Waals surface area contributed by atoms with Crippen LogP contribution in [-0.2, 0) is 4.79 Å². The van der Waals surface area contributed by atoms with Crippen molar-refractivity contribution in [1.82, 2.24) is 0 Å². The molecule has 0 N–H and O–H groups in total. The molecule has 22 heavy (non-hydrogen) atoms. The second-order valence-electron chi connectivity index (χ2n) is 6.46. The summed E-state index contributed by atoms with van der Waals surface area (Å²) in [4.78, 5) is 15.0.